The van der Waals surface area contributed by atoms with Gasteiger partial charge in [0.2, 0.25) is 5.91 Å². The predicted octanol–water partition coefficient (Wildman–Crippen LogP) is 2.15. The molecule has 2 saturated carbocycles. The monoisotopic (exact) mass is 250 g/mol. The molecule has 102 valence electrons. The van der Waals surface area contributed by atoms with Crippen molar-refractivity contribution in [2.24, 2.45) is 23.5 Å². The molecule has 0 bridgehead atoms. The van der Waals surface area contributed by atoms with Crippen LogP contribution in [0.1, 0.15) is 51.4 Å². The zero-order valence-electron chi connectivity index (χ0n) is 11.3. The highest BCUT2D eigenvalue weighted by molar-refractivity contribution is 5.79. The van der Waals surface area contributed by atoms with Crippen LogP contribution in [0.3, 0.4) is 0 Å². The van der Waals surface area contributed by atoms with E-state index in [2.05, 4.69) is 4.90 Å². The predicted molar refractivity (Wildman–Crippen MR) is 72.0 cm³/mol. The molecule has 1 heterocycles. The second-order valence-electron chi connectivity index (χ2n) is 6.60. The van der Waals surface area contributed by atoms with Crippen molar-refractivity contribution in [2.45, 2.75) is 57.4 Å². The maximum absolute atomic E-state index is 12.5. The van der Waals surface area contributed by atoms with E-state index in [-0.39, 0.29) is 0 Å². The number of nitrogens with zero attached hydrogens (tertiary/aromatic N) is 1. The molecular weight excluding hydrogens is 224 g/mol. The minimum atomic E-state index is 0.329. The Morgan fingerprint density at radius 1 is 0.944 bits per heavy atom. The first-order chi connectivity index (χ1) is 8.75. The van der Waals surface area contributed by atoms with Gasteiger partial charge in [-0.2, -0.15) is 0 Å². The average molecular weight is 250 g/mol. The number of rotatable bonds is 1. The minimum Gasteiger partial charge on any atom is -0.342 e. The Morgan fingerprint density at radius 2 is 1.72 bits per heavy atom. The van der Waals surface area contributed by atoms with Gasteiger partial charge in [0.1, 0.15) is 0 Å². The van der Waals surface area contributed by atoms with Gasteiger partial charge in [-0.3, -0.25) is 4.79 Å². The zero-order chi connectivity index (χ0) is 12.5. The van der Waals surface area contributed by atoms with Crippen LogP contribution in [0.15, 0.2) is 0 Å². The highest BCUT2D eigenvalue weighted by Crippen LogP contribution is 2.37. The molecule has 3 rings (SSSR count). The average Bonchev–Trinajstić information content (AvgIpc) is 2.84. The van der Waals surface area contributed by atoms with Gasteiger partial charge in [0.05, 0.1) is 0 Å². The maximum atomic E-state index is 12.5. The molecule has 3 unspecified atom stereocenters. The van der Waals surface area contributed by atoms with Crippen LogP contribution < -0.4 is 5.73 Å². The molecule has 1 saturated heterocycles. The molecule has 0 aromatic heterocycles. The summed E-state index contributed by atoms with van der Waals surface area (Å²) in [4.78, 5) is 14.7. The number of hydrogen-bond acceptors (Lipinski definition) is 2. The Kier molecular flexibility index (Phi) is 3.60. The Hall–Kier alpha value is -0.570. The third kappa shape index (κ3) is 2.29. The Labute approximate surface area is 110 Å². The Bertz CT molecular complexity index is 312. The van der Waals surface area contributed by atoms with Crippen LogP contribution in [0.25, 0.3) is 0 Å². The van der Waals surface area contributed by atoms with E-state index in [0.29, 0.717) is 29.7 Å². The number of hydrogen-bond donors (Lipinski definition) is 1. The van der Waals surface area contributed by atoms with Gasteiger partial charge in [0, 0.05) is 25.0 Å². The van der Waals surface area contributed by atoms with E-state index < -0.39 is 0 Å². The molecule has 3 heteroatoms. The van der Waals surface area contributed by atoms with E-state index in [1.807, 2.05) is 0 Å². The van der Waals surface area contributed by atoms with Crippen molar-refractivity contribution >= 4 is 5.91 Å². The van der Waals surface area contributed by atoms with Crippen LogP contribution in [0.4, 0.5) is 0 Å². The van der Waals surface area contributed by atoms with Gasteiger partial charge in [-0.25, -0.2) is 0 Å². The molecule has 1 amide bonds. The molecule has 3 atom stereocenters. The van der Waals surface area contributed by atoms with Crippen LogP contribution in [0.5, 0.6) is 0 Å². The van der Waals surface area contributed by atoms with Gasteiger partial charge in [0.15, 0.2) is 0 Å². The molecule has 3 aliphatic rings. The van der Waals surface area contributed by atoms with Crippen molar-refractivity contribution < 1.29 is 4.79 Å². The van der Waals surface area contributed by atoms with Gasteiger partial charge in [-0.05, 0) is 37.5 Å². The van der Waals surface area contributed by atoms with Crippen LogP contribution in [-0.4, -0.2) is 29.9 Å². The largest absolute Gasteiger partial charge is 0.342 e. The first-order valence-corrected chi connectivity index (χ1v) is 7.80. The Morgan fingerprint density at radius 3 is 2.44 bits per heavy atom. The first kappa shape index (κ1) is 12.5. The number of amides is 1. The molecule has 0 radical (unpaired) electrons. The van der Waals surface area contributed by atoms with Crippen LogP contribution in [-0.2, 0) is 4.79 Å². The third-order valence-corrected chi connectivity index (χ3v) is 5.42. The lowest BCUT2D eigenvalue weighted by atomic mass is 9.78. The third-order valence-electron chi connectivity index (χ3n) is 5.42. The fourth-order valence-electron chi connectivity index (χ4n) is 4.30. The zero-order valence-corrected chi connectivity index (χ0v) is 11.3. The molecular formula is C15H26N2O. The molecule has 0 aromatic rings. The highest BCUT2D eigenvalue weighted by Gasteiger charge is 2.41. The highest BCUT2D eigenvalue weighted by atomic mass is 16.2. The topological polar surface area (TPSA) is 46.3 Å². The van der Waals surface area contributed by atoms with Gasteiger partial charge in [-0.1, -0.05) is 25.7 Å². The molecule has 3 fully saturated rings. The number of likely N-dealkylation sites (tertiary alicyclic amines) is 1. The fourth-order valence-corrected chi connectivity index (χ4v) is 4.30. The summed E-state index contributed by atoms with van der Waals surface area (Å²) in [6.45, 7) is 1.94. The van der Waals surface area contributed by atoms with Gasteiger partial charge in [0.25, 0.3) is 0 Å². The summed E-state index contributed by atoms with van der Waals surface area (Å²) in [6.07, 6.45) is 9.76. The molecule has 2 aliphatic carbocycles. The molecule has 3 nitrogen and oxygen atoms in total. The van der Waals surface area contributed by atoms with Crippen LogP contribution in [0.2, 0.25) is 0 Å². The van der Waals surface area contributed by atoms with Crippen molar-refractivity contribution in [2.75, 3.05) is 13.1 Å². The van der Waals surface area contributed by atoms with Crippen LogP contribution >= 0.6 is 0 Å². The smallest absolute Gasteiger partial charge is 0.225 e. The minimum absolute atomic E-state index is 0.329. The van der Waals surface area contributed by atoms with Crippen molar-refractivity contribution in [1.82, 2.24) is 4.90 Å². The van der Waals surface area contributed by atoms with E-state index in [9.17, 15) is 4.79 Å². The van der Waals surface area contributed by atoms with E-state index in [1.165, 1.54) is 32.1 Å². The lowest BCUT2D eigenvalue weighted by Gasteiger charge is -2.29. The van der Waals surface area contributed by atoms with Gasteiger partial charge < -0.3 is 10.6 Å². The summed E-state index contributed by atoms with van der Waals surface area (Å²) < 4.78 is 0. The van der Waals surface area contributed by atoms with E-state index in [4.69, 9.17) is 5.73 Å². The van der Waals surface area contributed by atoms with Crippen molar-refractivity contribution in [3.8, 4) is 0 Å². The van der Waals surface area contributed by atoms with Gasteiger partial charge in [-0.15, -0.1) is 0 Å². The van der Waals surface area contributed by atoms with Crippen molar-refractivity contribution in [3.05, 3.63) is 0 Å². The Balaban J connectivity index is 1.62. The van der Waals surface area contributed by atoms with E-state index >= 15 is 0 Å². The lowest BCUT2D eigenvalue weighted by Crippen LogP contribution is -2.39. The number of carbonyl (C=O) groups is 1. The molecule has 2 N–H and O–H groups in total. The summed E-state index contributed by atoms with van der Waals surface area (Å²) >= 11 is 0. The van der Waals surface area contributed by atoms with Crippen molar-refractivity contribution in [1.29, 1.82) is 0 Å². The molecule has 0 aromatic carbocycles. The van der Waals surface area contributed by atoms with E-state index in [0.717, 1.165) is 32.4 Å². The second kappa shape index (κ2) is 5.20. The van der Waals surface area contributed by atoms with Crippen molar-refractivity contribution in [3.63, 3.8) is 0 Å². The SMILES string of the molecule is NC1CCCC2CN(C(=O)C3CCCCC3)CC12. The first-order valence-electron chi connectivity index (χ1n) is 7.80. The quantitative estimate of drug-likeness (QED) is 0.775. The number of nitrogens with two attached hydrogens (primary N) is 1. The lowest BCUT2D eigenvalue weighted by molar-refractivity contribution is -0.135. The molecule has 1 aliphatic heterocycles. The van der Waals surface area contributed by atoms with Gasteiger partial charge >= 0.3 is 0 Å². The number of fused-ring (bicyclic) bond motifs is 1. The normalized spacial score (nSPS) is 37.6. The summed E-state index contributed by atoms with van der Waals surface area (Å²) in [5.74, 6) is 2.05. The molecule has 0 spiro atoms. The second-order valence-corrected chi connectivity index (χ2v) is 6.60. The maximum Gasteiger partial charge on any atom is 0.225 e. The fraction of sp³-hybridized carbons (Fsp3) is 0.933. The van der Waals surface area contributed by atoms with E-state index in [1.54, 1.807) is 0 Å². The summed E-state index contributed by atoms with van der Waals surface area (Å²) in [5, 5.41) is 0. The summed E-state index contributed by atoms with van der Waals surface area (Å²) in [6, 6.07) is 0.341. The summed E-state index contributed by atoms with van der Waals surface area (Å²) in [5.41, 5.74) is 6.22. The standard InChI is InChI=1S/C15H26N2O/c16-14-8-4-7-12-9-17(10-13(12)14)15(18)11-5-2-1-3-6-11/h11-14H,1-10,16H2. The number of carbonyl (C=O) groups excluding carboxylic acids is 1. The molecule has 18 heavy (non-hydrogen) atoms. The summed E-state index contributed by atoms with van der Waals surface area (Å²) in [7, 11) is 0. The van der Waals surface area contributed by atoms with Crippen LogP contribution in [0, 0.1) is 17.8 Å².